The van der Waals surface area contributed by atoms with Gasteiger partial charge in [0.25, 0.3) is 6.02 Å². The molecule has 0 saturated carbocycles. The Morgan fingerprint density at radius 1 is 1.08 bits per heavy atom. The lowest BCUT2D eigenvalue weighted by atomic mass is 10.1. The second-order valence-corrected chi connectivity index (χ2v) is 8.11. The first kappa shape index (κ1) is 23.5. The molecule has 2 aromatic heterocycles. The number of aromatic amines is 1. The van der Waals surface area contributed by atoms with E-state index in [0.29, 0.717) is 5.56 Å². The van der Waals surface area contributed by atoms with Crippen LogP contribution in [0.4, 0.5) is 27.6 Å². The van der Waals surface area contributed by atoms with Gasteiger partial charge < -0.3 is 24.9 Å². The van der Waals surface area contributed by atoms with E-state index in [4.69, 9.17) is 14.6 Å². The molecular weight excluding hydrogens is 487 g/mol. The highest BCUT2D eigenvalue weighted by Gasteiger charge is 2.34. The first-order valence-electron chi connectivity index (χ1n) is 10.6. The number of aromatic nitrogens is 2. The number of hydrogen-bond acceptors (Lipinski definition) is 6. The van der Waals surface area contributed by atoms with E-state index in [1.807, 2.05) is 0 Å². The van der Waals surface area contributed by atoms with Crippen LogP contribution < -0.4 is 10.1 Å². The number of aliphatic hydroxyl groups excluding tert-OH is 1. The van der Waals surface area contributed by atoms with Crippen molar-refractivity contribution in [2.24, 2.45) is 4.99 Å². The molecule has 0 saturated heterocycles. The third-order valence-electron chi connectivity index (χ3n) is 5.43. The third-order valence-corrected chi connectivity index (χ3v) is 5.43. The van der Waals surface area contributed by atoms with Crippen molar-refractivity contribution in [2.75, 3.05) is 25.1 Å². The Balaban J connectivity index is 1.45. The number of pyridine rings is 1. The smallest absolute Gasteiger partial charge is 0.289 e. The summed E-state index contributed by atoms with van der Waals surface area (Å²) >= 11 is 0. The van der Waals surface area contributed by atoms with Crippen LogP contribution in [0, 0.1) is 23.3 Å². The number of nitrogens with zero attached hydrogens (tertiary/aromatic N) is 2. The van der Waals surface area contributed by atoms with E-state index in [-0.39, 0.29) is 40.6 Å². The minimum atomic E-state index is -2.02. The van der Waals surface area contributed by atoms with E-state index in [9.17, 15) is 22.0 Å². The normalized spacial score (nSPS) is 17.6. The van der Waals surface area contributed by atoms with Crippen molar-refractivity contribution < 1.29 is 36.5 Å². The van der Waals surface area contributed by atoms with Crippen molar-refractivity contribution in [1.29, 1.82) is 0 Å². The molecule has 3 heterocycles. The molecule has 1 atom stereocenters. The quantitative estimate of drug-likeness (QED) is 0.330. The predicted octanol–water partition coefficient (Wildman–Crippen LogP) is 5.08. The Labute approximate surface area is 200 Å². The number of amidine groups is 1. The average molecular weight is 504 g/mol. The van der Waals surface area contributed by atoms with Gasteiger partial charge in [-0.25, -0.2) is 31.9 Å². The molecule has 1 aliphatic heterocycles. The molecule has 186 valence electrons. The van der Waals surface area contributed by atoms with Crippen LogP contribution >= 0.6 is 0 Å². The van der Waals surface area contributed by atoms with Crippen LogP contribution in [0.15, 0.2) is 53.8 Å². The van der Waals surface area contributed by atoms with E-state index < -0.39 is 47.9 Å². The van der Waals surface area contributed by atoms with Gasteiger partial charge in [-0.15, -0.1) is 0 Å². The van der Waals surface area contributed by atoms with Crippen molar-refractivity contribution in [1.82, 2.24) is 9.97 Å². The lowest BCUT2D eigenvalue weighted by molar-refractivity contribution is 0.0181. The van der Waals surface area contributed by atoms with E-state index in [0.717, 1.165) is 30.3 Å². The minimum absolute atomic E-state index is 0.0114. The molecular formula is C24H17F5N4O3. The van der Waals surface area contributed by atoms with Gasteiger partial charge in [-0.1, -0.05) is 0 Å². The summed E-state index contributed by atoms with van der Waals surface area (Å²) in [6.07, 6.45) is 2.79. The molecule has 4 aromatic rings. The number of H-pyrrole nitrogens is 1. The zero-order chi connectivity index (χ0) is 25.4. The van der Waals surface area contributed by atoms with Gasteiger partial charge in [-0.05, 0) is 23.8 Å². The summed E-state index contributed by atoms with van der Waals surface area (Å²) < 4.78 is 81.9. The number of rotatable bonds is 5. The Hall–Kier alpha value is -4.19. The van der Waals surface area contributed by atoms with Gasteiger partial charge in [0.15, 0.2) is 23.1 Å². The van der Waals surface area contributed by atoms with Gasteiger partial charge in [0, 0.05) is 41.8 Å². The summed E-state index contributed by atoms with van der Waals surface area (Å²) in [6, 6.07) is 5.97. The molecule has 1 aliphatic rings. The molecule has 0 aliphatic carbocycles. The van der Waals surface area contributed by atoms with Crippen molar-refractivity contribution in [3.63, 3.8) is 0 Å². The molecule has 3 N–H and O–H groups in total. The van der Waals surface area contributed by atoms with Crippen LogP contribution in [0.1, 0.15) is 0 Å². The SMILES string of the molecule is OCC1(F)CN=C(Nc2cc(F)c(Oc3ccnc4[nH]cc(-c5cc(F)cc(F)c5)c34)c(F)c2)OC1. The third kappa shape index (κ3) is 4.54. The molecule has 2 aromatic carbocycles. The fourth-order valence-electron chi connectivity index (χ4n) is 3.69. The Bertz CT molecular complexity index is 1450. The topological polar surface area (TPSA) is 91.8 Å². The second kappa shape index (κ2) is 9.11. The highest BCUT2D eigenvalue weighted by Crippen LogP contribution is 2.39. The Morgan fingerprint density at radius 3 is 2.44 bits per heavy atom. The summed E-state index contributed by atoms with van der Waals surface area (Å²) in [5.41, 5.74) is -1.35. The monoisotopic (exact) mass is 504 g/mol. The van der Waals surface area contributed by atoms with Gasteiger partial charge in [0.2, 0.25) is 0 Å². The molecule has 0 fully saturated rings. The zero-order valence-electron chi connectivity index (χ0n) is 18.3. The molecule has 0 amide bonds. The highest BCUT2D eigenvalue weighted by atomic mass is 19.2. The number of halogens is 5. The van der Waals surface area contributed by atoms with Crippen LogP contribution in [-0.2, 0) is 4.74 Å². The summed E-state index contributed by atoms with van der Waals surface area (Å²) in [6.45, 7) is -1.64. The number of aliphatic hydroxyl groups is 1. The van der Waals surface area contributed by atoms with Crippen molar-refractivity contribution in [2.45, 2.75) is 5.67 Å². The van der Waals surface area contributed by atoms with Crippen LogP contribution in [-0.4, -0.2) is 46.5 Å². The number of nitrogens with one attached hydrogen (secondary N) is 2. The Morgan fingerprint density at radius 2 is 1.81 bits per heavy atom. The van der Waals surface area contributed by atoms with Crippen LogP contribution in [0.5, 0.6) is 11.5 Å². The molecule has 36 heavy (non-hydrogen) atoms. The summed E-state index contributed by atoms with van der Waals surface area (Å²) in [4.78, 5) is 10.8. The number of alkyl halides is 1. The number of ether oxygens (including phenoxy) is 2. The summed E-state index contributed by atoms with van der Waals surface area (Å²) in [7, 11) is 0. The molecule has 0 spiro atoms. The zero-order valence-corrected chi connectivity index (χ0v) is 18.3. The number of hydrogen-bond donors (Lipinski definition) is 3. The largest absolute Gasteiger partial charge is 0.461 e. The van der Waals surface area contributed by atoms with Gasteiger partial charge >= 0.3 is 0 Å². The maximum atomic E-state index is 14.9. The van der Waals surface area contributed by atoms with Gasteiger partial charge in [-0.3, -0.25) is 0 Å². The minimum Gasteiger partial charge on any atom is -0.461 e. The lowest BCUT2D eigenvalue weighted by Crippen LogP contribution is -2.43. The molecule has 12 heteroatoms. The second-order valence-electron chi connectivity index (χ2n) is 8.11. The standard InChI is InChI=1S/C24H17F5N4O3/c25-13-3-12(4-14(26)5-13)16-8-31-22-20(16)19(1-2-30-22)36-21-17(27)6-15(7-18(21)28)33-23-32-9-24(29,10-34)11-35-23/h1-8,34H,9-11H2,(H,30,31)(H,32,33). The van der Waals surface area contributed by atoms with E-state index >= 15 is 0 Å². The average Bonchev–Trinajstić information content (AvgIpc) is 3.28. The lowest BCUT2D eigenvalue weighted by Gasteiger charge is -2.26. The van der Waals surface area contributed by atoms with E-state index in [2.05, 4.69) is 20.3 Å². The number of fused-ring (bicyclic) bond motifs is 1. The van der Waals surface area contributed by atoms with Gasteiger partial charge in [-0.2, -0.15) is 0 Å². The first-order valence-corrected chi connectivity index (χ1v) is 10.6. The maximum Gasteiger partial charge on any atom is 0.289 e. The van der Waals surface area contributed by atoms with Crippen molar-refractivity contribution in [3.05, 3.63) is 72.1 Å². The summed E-state index contributed by atoms with van der Waals surface area (Å²) in [5, 5.41) is 11.8. The molecule has 7 nitrogen and oxygen atoms in total. The molecule has 0 bridgehead atoms. The fraction of sp³-hybridized carbons (Fsp3) is 0.167. The van der Waals surface area contributed by atoms with Crippen LogP contribution in [0.3, 0.4) is 0 Å². The fourth-order valence-corrected chi connectivity index (χ4v) is 3.69. The Kier molecular flexibility index (Phi) is 5.96. The number of anilines is 1. The van der Waals surface area contributed by atoms with Gasteiger partial charge in [0.05, 0.1) is 18.5 Å². The summed E-state index contributed by atoms with van der Waals surface area (Å²) in [5.74, 6) is -4.51. The highest BCUT2D eigenvalue weighted by molar-refractivity contribution is 5.98. The number of benzene rings is 2. The van der Waals surface area contributed by atoms with E-state index in [1.165, 1.54) is 18.5 Å². The molecule has 1 unspecified atom stereocenters. The maximum absolute atomic E-state index is 14.9. The predicted molar refractivity (Wildman–Crippen MR) is 121 cm³/mol. The molecule has 0 radical (unpaired) electrons. The van der Waals surface area contributed by atoms with Crippen molar-refractivity contribution in [3.8, 4) is 22.6 Å². The van der Waals surface area contributed by atoms with Gasteiger partial charge in [0.1, 0.15) is 29.6 Å². The first-order chi connectivity index (χ1) is 17.2. The van der Waals surface area contributed by atoms with Crippen LogP contribution in [0.2, 0.25) is 0 Å². The van der Waals surface area contributed by atoms with Crippen molar-refractivity contribution >= 4 is 22.7 Å². The number of aliphatic imine (C=N–C) groups is 1. The van der Waals surface area contributed by atoms with Crippen LogP contribution in [0.25, 0.3) is 22.2 Å². The molecule has 5 rings (SSSR count). The van der Waals surface area contributed by atoms with E-state index in [1.54, 1.807) is 0 Å².